The topological polar surface area (TPSA) is 45.5 Å². The fourth-order valence-corrected chi connectivity index (χ4v) is 1.92. The molecule has 1 aliphatic heterocycles. The Morgan fingerprint density at radius 3 is 2.62 bits per heavy atom. The molecule has 1 saturated heterocycles. The zero-order valence-electron chi connectivity index (χ0n) is 10.2. The molecule has 0 N–H and O–H groups in total. The normalized spacial score (nSPS) is 18.5. The van der Waals surface area contributed by atoms with E-state index in [0.717, 1.165) is 45.5 Å². The first-order chi connectivity index (χ1) is 7.86. The average Bonchev–Trinajstić information content (AvgIpc) is 2.34. The number of hydrogen-bond donors (Lipinski definition) is 0. The zero-order chi connectivity index (χ0) is 11.6. The van der Waals surface area contributed by atoms with Crippen molar-refractivity contribution in [3.05, 3.63) is 0 Å². The molecule has 0 aromatic carbocycles. The van der Waals surface area contributed by atoms with E-state index in [0.29, 0.717) is 13.2 Å². The second kappa shape index (κ2) is 8.51. The Morgan fingerprint density at radius 1 is 1.25 bits per heavy atom. The van der Waals surface area contributed by atoms with Crippen LogP contribution >= 0.6 is 0 Å². The van der Waals surface area contributed by atoms with E-state index in [1.165, 1.54) is 0 Å². The molecular formula is C12H22N2O2. The third-order valence-corrected chi connectivity index (χ3v) is 2.96. The molecule has 0 amide bonds. The van der Waals surface area contributed by atoms with E-state index in [4.69, 9.17) is 14.7 Å². The molecule has 1 fully saturated rings. The molecule has 0 unspecified atom stereocenters. The summed E-state index contributed by atoms with van der Waals surface area (Å²) in [4.78, 5) is 2.42. The summed E-state index contributed by atoms with van der Waals surface area (Å²) in [5.74, 6) is 0.286. The van der Waals surface area contributed by atoms with Gasteiger partial charge in [-0.25, -0.2) is 0 Å². The Morgan fingerprint density at radius 2 is 2.00 bits per heavy atom. The van der Waals surface area contributed by atoms with Gasteiger partial charge in [-0.15, -0.1) is 0 Å². The van der Waals surface area contributed by atoms with E-state index in [9.17, 15) is 0 Å². The fourth-order valence-electron chi connectivity index (χ4n) is 1.92. The Labute approximate surface area is 98.1 Å². The summed E-state index contributed by atoms with van der Waals surface area (Å²) in [6.45, 7) is 5.39. The number of nitriles is 1. The van der Waals surface area contributed by atoms with Crippen LogP contribution in [-0.4, -0.2) is 51.5 Å². The fraction of sp³-hybridized carbons (Fsp3) is 0.917. The van der Waals surface area contributed by atoms with Crippen LogP contribution in [0.2, 0.25) is 0 Å². The van der Waals surface area contributed by atoms with Crippen LogP contribution in [0.25, 0.3) is 0 Å². The van der Waals surface area contributed by atoms with Crippen molar-refractivity contribution in [2.75, 3.05) is 46.6 Å². The van der Waals surface area contributed by atoms with Crippen molar-refractivity contribution in [3.8, 4) is 6.07 Å². The quantitative estimate of drug-likeness (QED) is 0.613. The number of likely N-dealkylation sites (tertiary alicyclic amines) is 1. The van der Waals surface area contributed by atoms with E-state index in [2.05, 4.69) is 11.0 Å². The van der Waals surface area contributed by atoms with E-state index < -0.39 is 0 Å². The monoisotopic (exact) mass is 226 g/mol. The van der Waals surface area contributed by atoms with E-state index in [1.807, 2.05) is 0 Å². The van der Waals surface area contributed by atoms with Gasteiger partial charge in [-0.05, 0) is 32.4 Å². The van der Waals surface area contributed by atoms with Crippen LogP contribution in [0, 0.1) is 17.2 Å². The van der Waals surface area contributed by atoms with Crippen LogP contribution in [0.1, 0.15) is 19.3 Å². The lowest BCUT2D eigenvalue weighted by molar-refractivity contribution is 0.0636. The summed E-state index contributed by atoms with van der Waals surface area (Å²) in [5.41, 5.74) is 0. The molecule has 0 saturated carbocycles. The molecule has 0 aliphatic carbocycles. The Balaban J connectivity index is 1.92. The van der Waals surface area contributed by atoms with Gasteiger partial charge in [-0.1, -0.05) is 0 Å². The van der Waals surface area contributed by atoms with Gasteiger partial charge in [-0.2, -0.15) is 5.26 Å². The summed E-state index contributed by atoms with van der Waals surface area (Å²) < 4.78 is 10.3. The third-order valence-electron chi connectivity index (χ3n) is 2.96. The largest absolute Gasteiger partial charge is 0.382 e. The van der Waals surface area contributed by atoms with E-state index >= 15 is 0 Å². The van der Waals surface area contributed by atoms with Crippen LogP contribution in [-0.2, 0) is 9.47 Å². The highest BCUT2D eigenvalue weighted by atomic mass is 16.5. The van der Waals surface area contributed by atoms with Crippen molar-refractivity contribution >= 4 is 0 Å². The molecular weight excluding hydrogens is 204 g/mol. The minimum absolute atomic E-state index is 0.286. The maximum absolute atomic E-state index is 8.77. The number of methoxy groups -OCH3 is 1. The summed E-state index contributed by atoms with van der Waals surface area (Å²) in [7, 11) is 1.68. The Hall–Kier alpha value is -0.630. The SMILES string of the molecule is COCCOCCCN1CCC(C#N)CC1. The minimum atomic E-state index is 0.286. The molecule has 1 rings (SSSR count). The van der Waals surface area contributed by atoms with E-state index in [-0.39, 0.29) is 5.92 Å². The predicted molar refractivity (Wildman–Crippen MR) is 62.1 cm³/mol. The van der Waals surface area contributed by atoms with Gasteiger partial charge in [0.2, 0.25) is 0 Å². The van der Waals surface area contributed by atoms with Gasteiger partial charge in [0, 0.05) is 26.2 Å². The molecule has 0 radical (unpaired) electrons. The Kier molecular flexibility index (Phi) is 7.15. The number of rotatable bonds is 7. The lowest BCUT2D eigenvalue weighted by Gasteiger charge is -2.28. The van der Waals surface area contributed by atoms with Crippen molar-refractivity contribution in [3.63, 3.8) is 0 Å². The maximum atomic E-state index is 8.77. The first kappa shape index (κ1) is 13.4. The second-order valence-corrected chi connectivity index (χ2v) is 4.20. The first-order valence-electron chi connectivity index (χ1n) is 6.05. The highest BCUT2D eigenvalue weighted by Crippen LogP contribution is 2.15. The molecule has 92 valence electrons. The zero-order valence-corrected chi connectivity index (χ0v) is 10.2. The van der Waals surface area contributed by atoms with Crippen molar-refractivity contribution in [2.45, 2.75) is 19.3 Å². The highest BCUT2D eigenvalue weighted by Gasteiger charge is 2.17. The van der Waals surface area contributed by atoms with Crippen LogP contribution in [0.4, 0.5) is 0 Å². The third kappa shape index (κ3) is 5.45. The average molecular weight is 226 g/mol. The predicted octanol–water partition coefficient (Wildman–Crippen LogP) is 1.28. The van der Waals surface area contributed by atoms with Crippen LogP contribution in [0.3, 0.4) is 0 Å². The lowest BCUT2D eigenvalue weighted by Crippen LogP contribution is -2.34. The van der Waals surface area contributed by atoms with Gasteiger partial charge in [0.05, 0.1) is 19.3 Å². The van der Waals surface area contributed by atoms with Gasteiger partial charge in [0.25, 0.3) is 0 Å². The van der Waals surface area contributed by atoms with Crippen molar-refractivity contribution < 1.29 is 9.47 Å². The van der Waals surface area contributed by atoms with Gasteiger partial charge < -0.3 is 14.4 Å². The molecule has 1 aliphatic rings. The van der Waals surface area contributed by atoms with E-state index in [1.54, 1.807) is 7.11 Å². The molecule has 1 heterocycles. The van der Waals surface area contributed by atoms with Crippen LogP contribution in [0.15, 0.2) is 0 Å². The summed E-state index contributed by atoms with van der Waals surface area (Å²) in [5, 5.41) is 8.77. The number of piperidine rings is 1. The summed E-state index contributed by atoms with van der Waals surface area (Å²) >= 11 is 0. The van der Waals surface area contributed by atoms with Gasteiger partial charge in [-0.3, -0.25) is 0 Å². The van der Waals surface area contributed by atoms with Crippen molar-refractivity contribution in [1.82, 2.24) is 4.90 Å². The van der Waals surface area contributed by atoms with Gasteiger partial charge >= 0.3 is 0 Å². The van der Waals surface area contributed by atoms with Gasteiger partial charge in [0.15, 0.2) is 0 Å². The molecule has 4 nitrogen and oxygen atoms in total. The molecule has 0 bridgehead atoms. The van der Waals surface area contributed by atoms with Crippen LogP contribution < -0.4 is 0 Å². The maximum Gasteiger partial charge on any atom is 0.0700 e. The first-order valence-corrected chi connectivity index (χ1v) is 6.05. The van der Waals surface area contributed by atoms with Crippen LogP contribution in [0.5, 0.6) is 0 Å². The smallest absolute Gasteiger partial charge is 0.0700 e. The standard InChI is InChI=1S/C12H22N2O2/c1-15-9-10-16-8-2-5-14-6-3-12(11-13)4-7-14/h12H,2-10H2,1H3. The second-order valence-electron chi connectivity index (χ2n) is 4.20. The number of nitrogens with zero attached hydrogens (tertiary/aromatic N) is 2. The van der Waals surface area contributed by atoms with Crippen molar-refractivity contribution in [2.24, 2.45) is 5.92 Å². The molecule has 4 heteroatoms. The van der Waals surface area contributed by atoms with Gasteiger partial charge in [0.1, 0.15) is 0 Å². The molecule has 0 atom stereocenters. The molecule has 0 spiro atoms. The highest BCUT2D eigenvalue weighted by molar-refractivity contribution is 4.87. The number of ether oxygens (including phenoxy) is 2. The minimum Gasteiger partial charge on any atom is -0.382 e. The lowest BCUT2D eigenvalue weighted by atomic mass is 9.98. The molecule has 0 aromatic heterocycles. The molecule has 16 heavy (non-hydrogen) atoms. The number of hydrogen-bond acceptors (Lipinski definition) is 4. The summed E-state index contributed by atoms with van der Waals surface area (Å²) in [6.07, 6.45) is 3.13. The Bertz CT molecular complexity index is 208. The summed E-state index contributed by atoms with van der Waals surface area (Å²) in [6, 6.07) is 2.35. The molecule has 0 aromatic rings. The van der Waals surface area contributed by atoms with Crippen molar-refractivity contribution in [1.29, 1.82) is 5.26 Å².